The van der Waals surface area contributed by atoms with Crippen LogP contribution in [-0.4, -0.2) is 37.7 Å². The van der Waals surface area contributed by atoms with Gasteiger partial charge in [-0.2, -0.15) is 0 Å². The average Bonchev–Trinajstić information content (AvgIpc) is 2.35. The first-order valence-corrected chi connectivity index (χ1v) is 5.75. The molecule has 0 radical (unpaired) electrons. The first-order chi connectivity index (χ1) is 8.27. The highest BCUT2D eigenvalue weighted by molar-refractivity contribution is 5.94. The average molecular weight is 237 g/mol. The molecule has 0 saturated carbocycles. The quantitative estimate of drug-likeness (QED) is 0.701. The summed E-state index contributed by atoms with van der Waals surface area (Å²) in [5.74, 6) is 0.639. The Balaban J connectivity index is 2.47. The Bertz CT molecular complexity index is 355. The van der Waals surface area contributed by atoms with E-state index in [4.69, 9.17) is 4.74 Å². The van der Waals surface area contributed by atoms with Gasteiger partial charge in [-0.15, -0.1) is 0 Å². The van der Waals surface area contributed by atoms with E-state index in [0.717, 1.165) is 18.8 Å². The van der Waals surface area contributed by atoms with Gasteiger partial charge < -0.3 is 15.4 Å². The predicted octanol–water partition coefficient (Wildman–Crippen LogP) is 1.28. The minimum absolute atomic E-state index is 0.0809. The standard InChI is InChI=1S/C12H19N3O2/c1-3-13-11-9-10(5-7-14-11)12(16)15-6-4-8-17-2/h5,7,9H,3-4,6,8H2,1-2H3,(H,13,14)(H,15,16). The van der Waals surface area contributed by atoms with Crippen LogP contribution in [0.2, 0.25) is 0 Å². The molecule has 2 N–H and O–H groups in total. The Morgan fingerprint density at radius 2 is 2.35 bits per heavy atom. The minimum Gasteiger partial charge on any atom is -0.385 e. The van der Waals surface area contributed by atoms with Crippen molar-refractivity contribution >= 4 is 11.7 Å². The summed E-state index contributed by atoms with van der Waals surface area (Å²) in [6, 6.07) is 3.45. The number of carbonyl (C=O) groups is 1. The molecule has 1 aromatic rings. The molecule has 0 aromatic carbocycles. The normalized spacial score (nSPS) is 10.0. The van der Waals surface area contributed by atoms with Crippen molar-refractivity contribution in [2.75, 3.05) is 32.1 Å². The number of amides is 1. The summed E-state index contributed by atoms with van der Waals surface area (Å²) in [4.78, 5) is 15.9. The molecule has 0 bridgehead atoms. The van der Waals surface area contributed by atoms with E-state index in [9.17, 15) is 4.79 Å². The lowest BCUT2D eigenvalue weighted by atomic mass is 10.2. The van der Waals surface area contributed by atoms with Gasteiger partial charge in [-0.05, 0) is 25.5 Å². The molecule has 0 aliphatic rings. The highest BCUT2D eigenvalue weighted by atomic mass is 16.5. The van der Waals surface area contributed by atoms with Crippen molar-refractivity contribution in [2.45, 2.75) is 13.3 Å². The van der Waals surface area contributed by atoms with Gasteiger partial charge in [0.25, 0.3) is 5.91 Å². The smallest absolute Gasteiger partial charge is 0.251 e. The monoisotopic (exact) mass is 237 g/mol. The van der Waals surface area contributed by atoms with Gasteiger partial charge in [0.1, 0.15) is 5.82 Å². The van der Waals surface area contributed by atoms with Gasteiger partial charge in [-0.25, -0.2) is 4.98 Å². The largest absolute Gasteiger partial charge is 0.385 e. The number of nitrogens with zero attached hydrogens (tertiary/aromatic N) is 1. The SMILES string of the molecule is CCNc1cc(C(=O)NCCCOC)ccn1. The van der Waals surface area contributed by atoms with Crippen LogP contribution in [0.15, 0.2) is 18.3 Å². The lowest BCUT2D eigenvalue weighted by molar-refractivity contribution is 0.0948. The van der Waals surface area contributed by atoms with Crippen molar-refractivity contribution in [2.24, 2.45) is 0 Å². The second-order valence-corrected chi connectivity index (χ2v) is 3.56. The maximum Gasteiger partial charge on any atom is 0.251 e. The zero-order chi connectivity index (χ0) is 12.5. The molecule has 1 amide bonds. The first-order valence-electron chi connectivity index (χ1n) is 5.75. The number of aromatic nitrogens is 1. The Kier molecular flexibility index (Phi) is 6.03. The summed E-state index contributed by atoms with van der Waals surface area (Å²) in [6.45, 7) is 4.04. The van der Waals surface area contributed by atoms with E-state index in [2.05, 4.69) is 15.6 Å². The molecule has 0 unspecified atom stereocenters. The van der Waals surface area contributed by atoms with Gasteiger partial charge in [0.05, 0.1) is 0 Å². The van der Waals surface area contributed by atoms with Crippen LogP contribution in [0.4, 0.5) is 5.82 Å². The van der Waals surface area contributed by atoms with Crippen molar-refractivity contribution < 1.29 is 9.53 Å². The molecule has 5 nitrogen and oxygen atoms in total. The lowest BCUT2D eigenvalue weighted by Gasteiger charge is -2.06. The summed E-state index contributed by atoms with van der Waals surface area (Å²) in [5.41, 5.74) is 0.619. The number of anilines is 1. The summed E-state index contributed by atoms with van der Waals surface area (Å²) < 4.78 is 4.91. The van der Waals surface area contributed by atoms with Crippen LogP contribution in [0.1, 0.15) is 23.7 Å². The number of methoxy groups -OCH3 is 1. The number of hydrogen-bond acceptors (Lipinski definition) is 4. The van der Waals surface area contributed by atoms with Crippen molar-refractivity contribution in [1.82, 2.24) is 10.3 Å². The number of hydrogen-bond donors (Lipinski definition) is 2. The van der Waals surface area contributed by atoms with Crippen molar-refractivity contribution in [3.8, 4) is 0 Å². The fourth-order valence-electron chi connectivity index (χ4n) is 1.37. The fourth-order valence-corrected chi connectivity index (χ4v) is 1.37. The second kappa shape index (κ2) is 7.62. The number of nitrogens with one attached hydrogen (secondary N) is 2. The second-order valence-electron chi connectivity index (χ2n) is 3.56. The van der Waals surface area contributed by atoms with Crippen molar-refractivity contribution in [3.63, 3.8) is 0 Å². The highest BCUT2D eigenvalue weighted by Gasteiger charge is 2.05. The van der Waals surface area contributed by atoms with E-state index in [1.807, 2.05) is 6.92 Å². The molecule has 0 saturated heterocycles. The van der Waals surface area contributed by atoms with Crippen LogP contribution in [0.25, 0.3) is 0 Å². The Morgan fingerprint density at radius 1 is 1.53 bits per heavy atom. The van der Waals surface area contributed by atoms with Gasteiger partial charge in [0, 0.05) is 38.6 Å². The minimum atomic E-state index is -0.0809. The van der Waals surface area contributed by atoms with Crippen molar-refractivity contribution in [1.29, 1.82) is 0 Å². The van der Waals surface area contributed by atoms with Crippen molar-refractivity contribution in [3.05, 3.63) is 23.9 Å². The molecular formula is C12H19N3O2. The van der Waals surface area contributed by atoms with Gasteiger partial charge in [-0.3, -0.25) is 4.79 Å². The Morgan fingerprint density at radius 3 is 3.06 bits per heavy atom. The summed E-state index contributed by atoms with van der Waals surface area (Å²) in [7, 11) is 1.65. The third-order valence-electron chi connectivity index (χ3n) is 2.19. The van der Waals surface area contributed by atoms with Crippen LogP contribution in [0.5, 0.6) is 0 Å². The zero-order valence-corrected chi connectivity index (χ0v) is 10.3. The van der Waals surface area contributed by atoms with Gasteiger partial charge >= 0.3 is 0 Å². The predicted molar refractivity (Wildman–Crippen MR) is 67.2 cm³/mol. The molecule has 0 atom stereocenters. The van der Waals surface area contributed by atoms with Gasteiger partial charge in [0.15, 0.2) is 0 Å². The highest BCUT2D eigenvalue weighted by Crippen LogP contribution is 2.06. The number of pyridine rings is 1. The zero-order valence-electron chi connectivity index (χ0n) is 10.3. The number of carbonyl (C=O) groups excluding carboxylic acids is 1. The van der Waals surface area contributed by atoms with Crippen LogP contribution in [0.3, 0.4) is 0 Å². The maximum absolute atomic E-state index is 11.8. The summed E-state index contributed by atoms with van der Waals surface area (Å²) >= 11 is 0. The van der Waals surface area contributed by atoms with E-state index in [1.54, 1.807) is 25.4 Å². The topological polar surface area (TPSA) is 63.2 Å². The van der Waals surface area contributed by atoms with E-state index in [1.165, 1.54) is 0 Å². The molecule has 0 spiro atoms. The van der Waals surface area contributed by atoms with E-state index in [0.29, 0.717) is 18.7 Å². The number of rotatable bonds is 7. The Labute approximate surface area is 102 Å². The van der Waals surface area contributed by atoms with E-state index < -0.39 is 0 Å². The Hall–Kier alpha value is -1.62. The molecule has 1 heterocycles. The van der Waals surface area contributed by atoms with Gasteiger partial charge in [0.2, 0.25) is 0 Å². The molecule has 1 aromatic heterocycles. The van der Waals surface area contributed by atoms with Crippen LogP contribution in [-0.2, 0) is 4.74 Å². The van der Waals surface area contributed by atoms with Crippen LogP contribution < -0.4 is 10.6 Å². The van der Waals surface area contributed by atoms with Crippen LogP contribution in [0, 0.1) is 0 Å². The fraction of sp³-hybridized carbons (Fsp3) is 0.500. The molecule has 17 heavy (non-hydrogen) atoms. The summed E-state index contributed by atoms with van der Waals surface area (Å²) in [6.07, 6.45) is 2.44. The summed E-state index contributed by atoms with van der Waals surface area (Å²) in [5, 5.41) is 5.90. The first kappa shape index (κ1) is 13.4. The lowest BCUT2D eigenvalue weighted by Crippen LogP contribution is -2.25. The van der Waals surface area contributed by atoms with Crippen LogP contribution >= 0.6 is 0 Å². The third-order valence-corrected chi connectivity index (χ3v) is 2.19. The molecule has 0 aliphatic heterocycles. The molecule has 1 rings (SSSR count). The molecule has 94 valence electrons. The third kappa shape index (κ3) is 4.82. The number of ether oxygens (including phenoxy) is 1. The molecule has 0 fully saturated rings. The molecule has 0 aliphatic carbocycles. The van der Waals surface area contributed by atoms with Gasteiger partial charge in [-0.1, -0.05) is 0 Å². The molecular weight excluding hydrogens is 218 g/mol. The van der Waals surface area contributed by atoms with E-state index >= 15 is 0 Å². The maximum atomic E-state index is 11.8. The molecule has 5 heteroatoms. The van der Waals surface area contributed by atoms with E-state index in [-0.39, 0.29) is 5.91 Å².